The predicted octanol–water partition coefficient (Wildman–Crippen LogP) is -1.01. The highest BCUT2D eigenvalue weighted by atomic mass is 32.2. The van der Waals surface area contributed by atoms with Gasteiger partial charge in [-0.1, -0.05) is 30.3 Å². The maximum absolute atomic E-state index is 12.2. The van der Waals surface area contributed by atoms with Gasteiger partial charge in [-0.2, -0.15) is 0 Å². The molecule has 152 valence electrons. The number of hydrogen-bond donors (Lipinski definition) is 4. The van der Waals surface area contributed by atoms with Crippen molar-refractivity contribution >= 4 is 22.8 Å². The Hall–Kier alpha value is -2.82. The fourth-order valence-electron chi connectivity index (χ4n) is 2.40. The molecular formula is C18H23N3O6S. The molecule has 0 fully saturated rings. The van der Waals surface area contributed by atoms with Gasteiger partial charge in [0.1, 0.15) is 0 Å². The molecule has 2 aromatic rings. The quantitative estimate of drug-likeness (QED) is 0.410. The molecule has 28 heavy (non-hydrogen) atoms. The van der Waals surface area contributed by atoms with E-state index in [1.807, 2.05) is 30.3 Å². The molecule has 0 spiro atoms. The molecule has 0 saturated carbocycles. The van der Waals surface area contributed by atoms with E-state index in [2.05, 4.69) is 15.3 Å². The average molecular weight is 409 g/mol. The number of aliphatic hydroxyl groups is 1. The van der Waals surface area contributed by atoms with Crippen LogP contribution in [0.15, 0.2) is 46.0 Å². The summed E-state index contributed by atoms with van der Waals surface area (Å²) < 4.78 is 12.2. The van der Waals surface area contributed by atoms with Gasteiger partial charge in [0.25, 0.3) is 5.56 Å². The van der Waals surface area contributed by atoms with Gasteiger partial charge >= 0.3 is 5.69 Å². The lowest BCUT2D eigenvalue weighted by molar-refractivity contribution is -0.117. The van der Waals surface area contributed by atoms with Crippen molar-refractivity contribution in [2.75, 3.05) is 12.4 Å². The molecule has 2 unspecified atom stereocenters. The van der Waals surface area contributed by atoms with Crippen LogP contribution < -0.4 is 16.6 Å². The molecule has 1 amide bonds. The third kappa shape index (κ3) is 7.06. The summed E-state index contributed by atoms with van der Waals surface area (Å²) >= 11 is 0. The van der Waals surface area contributed by atoms with E-state index >= 15 is 0 Å². The summed E-state index contributed by atoms with van der Waals surface area (Å²) in [4.78, 5) is 39.4. The van der Waals surface area contributed by atoms with Crippen molar-refractivity contribution in [2.24, 2.45) is 0 Å². The van der Waals surface area contributed by atoms with Crippen LogP contribution in [0, 0.1) is 6.92 Å². The standard InChI is InChI=1S/C18H21N3O5S.H2O/c1-12-15(17(24)21-18(25)19-12)7-8-16(23)20-14(9-22)11-27(26)10-13-5-3-2-4-6-13;/h2-8,14,22H,9-11H2,1H3,(H,20,23)(H2,19,21,24,25);1H2/b8-7+;. The molecule has 2 atom stereocenters. The predicted molar refractivity (Wildman–Crippen MR) is 107 cm³/mol. The monoisotopic (exact) mass is 409 g/mol. The molecule has 10 heteroatoms. The van der Waals surface area contributed by atoms with Crippen LogP contribution in [-0.2, 0) is 21.3 Å². The van der Waals surface area contributed by atoms with Crippen LogP contribution in [-0.4, -0.2) is 49.1 Å². The summed E-state index contributed by atoms with van der Waals surface area (Å²) in [5.74, 6) is -0.117. The number of aryl methyl sites for hydroxylation is 1. The zero-order chi connectivity index (χ0) is 19.8. The second-order valence-corrected chi connectivity index (χ2v) is 7.41. The molecule has 0 aliphatic carbocycles. The van der Waals surface area contributed by atoms with E-state index in [4.69, 9.17) is 0 Å². The molecule has 0 aliphatic rings. The Bertz CT molecular complexity index is 952. The lowest BCUT2D eigenvalue weighted by Gasteiger charge is -2.14. The molecule has 9 nitrogen and oxygen atoms in total. The van der Waals surface area contributed by atoms with Gasteiger partial charge in [-0.25, -0.2) is 4.79 Å². The van der Waals surface area contributed by atoms with Gasteiger partial charge in [0.15, 0.2) is 0 Å². The second kappa shape index (κ2) is 11.1. The van der Waals surface area contributed by atoms with Gasteiger partial charge in [0.2, 0.25) is 5.91 Å². The van der Waals surface area contributed by atoms with E-state index in [-0.39, 0.29) is 23.4 Å². The summed E-state index contributed by atoms with van der Waals surface area (Å²) in [7, 11) is -1.26. The third-order valence-electron chi connectivity index (χ3n) is 3.70. The van der Waals surface area contributed by atoms with Crippen molar-refractivity contribution in [1.82, 2.24) is 15.3 Å². The van der Waals surface area contributed by atoms with Crippen LogP contribution in [0.2, 0.25) is 0 Å². The smallest absolute Gasteiger partial charge is 0.325 e. The van der Waals surface area contributed by atoms with Crippen molar-refractivity contribution in [3.63, 3.8) is 0 Å². The molecular weight excluding hydrogens is 386 g/mol. The fourth-order valence-corrected chi connectivity index (χ4v) is 3.72. The third-order valence-corrected chi connectivity index (χ3v) is 5.13. The number of carbonyl (C=O) groups is 1. The molecule has 0 aliphatic heterocycles. The Morgan fingerprint density at radius 2 is 1.93 bits per heavy atom. The van der Waals surface area contributed by atoms with E-state index in [0.717, 1.165) is 11.6 Å². The lowest BCUT2D eigenvalue weighted by Crippen LogP contribution is -2.40. The van der Waals surface area contributed by atoms with Crippen molar-refractivity contribution in [3.05, 3.63) is 74.1 Å². The van der Waals surface area contributed by atoms with Crippen molar-refractivity contribution in [2.45, 2.75) is 18.7 Å². The number of amides is 1. The number of hydrogen-bond acceptors (Lipinski definition) is 5. The molecule has 0 bridgehead atoms. The van der Waals surface area contributed by atoms with Crippen LogP contribution in [0.4, 0.5) is 0 Å². The minimum atomic E-state index is -1.26. The number of rotatable bonds is 8. The van der Waals surface area contributed by atoms with Crippen molar-refractivity contribution < 1.29 is 19.6 Å². The van der Waals surface area contributed by atoms with Gasteiger partial charge in [0.05, 0.1) is 18.2 Å². The summed E-state index contributed by atoms with van der Waals surface area (Å²) in [6.07, 6.45) is 2.40. The number of benzene rings is 1. The number of nitrogens with one attached hydrogen (secondary N) is 3. The largest absolute Gasteiger partial charge is 0.412 e. The molecule has 2 rings (SSSR count). The van der Waals surface area contributed by atoms with Gasteiger partial charge in [0, 0.05) is 34.1 Å². The first-order chi connectivity index (χ1) is 12.9. The Kier molecular flexibility index (Phi) is 9.22. The van der Waals surface area contributed by atoms with E-state index in [1.54, 1.807) is 0 Å². The highest BCUT2D eigenvalue weighted by molar-refractivity contribution is 7.84. The summed E-state index contributed by atoms with van der Waals surface area (Å²) in [5.41, 5.74) is 0.156. The number of carbonyl (C=O) groups excluding carboxylic acids is 1. The topological polar surface area (TPSA) is 164 Å². The molecule has 0 radical (unpaired) electrons. The maximum atomic E-state index is 12.2. The lowest BCUT2D eigenvalue weighted by atomic mass is 10.2. The highest BCUT2D eigenvalue weighted by Crippen LogP contribution is 2.04. The summed E-state index contributed by atoms with van der Waals surface area (Å²) in [6.45, 7) is 1.18. The van der Waals surface area contributed by atoms with Crippen molar-refractivity contribution in [1.29, 1.82) is 0 Å². The summed E-state index contributed by atoms with van der Waals surface area (Å²) in [5, 5.41) is 12.0. The van der Waals surface area contributed by atoms with Gasteiger partial charge in [-0.15, -0.1) is 0 Å². The first-order valence-electron chi connectivity index (χ1n) is 8.20. The van der Waals surface area contributed by atoms with Crippen molar-refractivity contribution in [3.8, 4) is 0 Å². The van der Waals surface area contributed by atoms with Gasteiger partial charge < -0.3 is 20.9 Å². The van der Waals surface area contributed by atoms with Crippen LogP contribution in [0.1, 0.15) is 16.8 Å². The minimum absolute atomic E-state index is 0. The zero-order valence-corrected chi connectivity index (χ0v) is 16.0. The molecule has 6 N–H and O–H groups in total. The SMILES string of the molecule is Cc1[nH]c(=O)[nH]c(=O)c1/C=C/C(=O)NC(CO)CS(=O)Cc1ccccc1.O. The van der Waals surface area contributed by atoms with E-state index < -0.39 is 34.0 Å². The molecule has 1 aromatic carbocycles. The molecule has 0 saturated heterocycles. The number of aromatic nitrogens is 2. The molecule has 1 aromatic heterocycles. The number of H-pyrrole nitrogens is 2. The van der Waals surface area contributed by atoms with E-state index in [9.17, 15) is 23.7 Å². The normalized spacial score (nSPS) is 12.9. The first-order valence-corrected chi connectivity index (χ1v) is 9.69. The second-order valence-electron chi connectivity index (χ2n) is 5.90. The van der Waals surface area contributed by atoms with Crippen LogP contribution in [0.25, 0.3) is 6.08 Å². The fraction of sp³-hybridized carbons (Fsp3) is 0.278. The van der Waals surface area contributed by atoms with Crippen LogP contribution in [0.5, 0.6) is 0 Å². The number of aromatic amines is 2. The first kappa shape index (κ1) is 23.2. The minimum Gasteiger partial charge on any atom is -0.412 e. The molecule has 1 heterocycles. The van der Waals surface area contributed by atoms with Crippen LogP contribution in [0.3, 0.4) is 0 Å². The Labute approximate surface area is 163 Å². The van der Waals surface area contributed by atoms with E-state index in [0.29, 0.717) is 11.4 Å². The summed E-state index contributed by atoms with van der Waals surface area (Å²) in [6, 6.07) is 8.60. The Morgan fingerprint density at radius 3 is 2.54 bits per heavy atom. The average Bonchev–Trinajstić information content (AvgIpc) is 2.61. The van der Waals surface area contributed by atoms with Crippen LogP contribution >= 0.6 is 0 Å². The highest BCUT2D eigenvalue weighted by Gasteiger charge is 2.14. The zero-order valence-electron chi connectivity index (χ0n) is 15.2. The van der Waals surface area contributed by atoms with E-state index in [1.165, 1.54) is 13.0 Å². The van der Waals surface area contributed by atoms with Gasteiger partial charge in [-0.3, -0.25) is 18.8 Å². The van der Waals surface area contributed by atoms with Gasteiger partial charge in [-0.05, 0) is 18.6 Å². The Morgan fingerprint density at radius 1 is 1.25 bits per heavy atom. The Balaban J connectivity index is 0.00000392. The number of aliphatic hydroxyl groups excluding tert-OH is 1. The maximum Gasteiger partial charge on any atom is 0.325 e.